The lowest BCUT2D eigenvalue weighted by Crippen LogP contribution is -2.23. The zero-order valence-electron chi connectivity index (χ0n) is 14.9. The molecule has 0 radical (unpaired) electrons. The van der Waals surface area contributed by atoms with Gasteiger partial charge in [0.05, 0.1) is 17.7 Å². The zero-order valence-corrected chi connectivity index (χ0v) is 15.7. The fourth-order valence-corrected chi connectivity index (χ4v) is 3.45. The van der Waals surface area contributed by atoms with Gasteiger partial charge in [0.2, 0.25) is 0 Å². The molecule has 2 aromatic rings. The average Bonchev–Trinajstić information content (AvgIpc) is 2.91. The Balaban J connectivity index is 1.90. The minimum absolute atomic E-state index is 0.000892. The summed E-state index contributed by atoms with van der Waals surface area (Å²) in [5.74, 6) is -1.62. The van der Waals surface area contributed by atoms with Crippen molar-refractivity contribution in [3.05, 3.63) is 52.4 Å². The molecule has 3 rings (SSSR count). The van der Waals surface area contributed by atoms with Crippen LogP contribution in [0.15, 0.2) is 46.3 Å². The van der Waals surface area contributed by atoms with Gasteiger partial charge in [0.1, 0.15) is 11.3 Å². The van der Waals surface area contributed by atoms with Crippen molar-refractivity contribution in [2.75, 3.05) is 14.2 Å². The molecule has 28 heavy (non-hydrogen) atoms. The topological polar surface area (TPSA) is 120 Å². The summed E-state index contributed by atoms with van der Waals surface area (Å²) in [6.07, 6.45) is 1.65. The Kier molecular flexibility index (Phi) is 5.27. The van der Waals surface area contributed by atoms with Gasteiger partial charge in [-0.3, -0.25) is 9.69 Å². The molecule has 9 heteroatoms. The van der Waals surface area contributed by atoms with Crippen LogP contribution in [0.1, 0.15) is 15.9 Å². The molecule has 0 aliphatic carbocycles. The summed E-state index contributed by atoms with van der Waals surface area (Å²) >= 11 is 1.14. The Morgan fingerprint density at radius 1 is 1.18 bits per heavy atom. The second-order valence-corrected chi connectivity index (χ2v) is 6.82. The summed E-state index contributed by atoms with van der Waals surface area (Å²) < 4.78 is 5.07. The van der Waals surface area contributed by atoms with Crippen LogP contribution in [0.3, 0.4) is 0 Å². The van der Waals surface area contributed by atoms with E-state index in [4.69, 9.17) is 9.84 Å². The standard InChI is InChI=1S/C19H16N2O6S/c1-21-17(24)16(8-10-3-6-13(22)15(7-10)27-2)28-19(21)20-11-4-5-12(18(25)26)14(23)9-11/h3-9,22-23H,1-2H3,(H,25,26)/b16-8-,20-19?. The highest BCUT2D eigenvalue weighted by Crippen LogP contribution is 2.35. The number of aromatic carboxylic acids is 1. The van der Waals surface area contributed by atoms with Crippen LogP contribution in [0.2, 0.25) is 0 Å². The number of nitrogens with zero attached hydrogens (tertiary/aromatic N) is 2. The van der Waals surface area contributed by atoms with Crippen molar-refractivity contribution in [1.82, 2.24) is 4.90 Å². The van der Waals surface area contributed by atoms with Crippen LogP contribution in [-0.4, -0.2) is 51.4 Å². The van der Waals surface area contributed by atoms with Gasteiger partial charge in [-0.05, 0) is 47.7 Å². The fourth-order valence-electron chi connectivity index (χ4n) is 2.47. The summed E-state index contributed by atoms with van der Waals surface area (Å²) in [5, 5.41) is 28.8. The number of hydrogen-bond donors (Lipinski definition) is 3. The van der Waals surface area contributed by atoms with E-state index < -0.39 is 11.7 Å². The highest BCUT2D eigenvalue weighted by atomic mass is 32.2. The van der Waals surface area contributed by atoms with Crippen molar-refractivity contribution in [2.45, 2.75) is 0 Å². The lowest BCUT2D eigenvalue weighted by Gasteiger charge is -2.07. The number of likely N-dealkylation sites (N-methyl/N-ethyl adjacent to an activating group) is 1. The van der Waals surface area contributed by atoms with Gasteiger partial charge in [-0.2, -0.15) is 0 Å². The molecule has 0 saturated carbocycles. The maximum absolute atomic E-state index is 12.5. The van der Waals surface area contributed by atoms with E-state index in [1.165, 1.54) is 36.3 Å². The van der Waals surface area contributed by atoms with Crippen LogP contribution in [0.4, 0.5) is 5.69 Å². The smallest absolute Gasteiger partial charge is 0.339 e. The predicted octanol–water partition coefficient (Wildman–Crippen LogP) is 3.04. The SMILES string of the molecule is COc1cc(/C=C2\SC(=Nc3ccc(C(=O)O)c(O)c3)N(C)C2=O)ccc1O. The molecule has 0 aromatic heterocycles. The van der Waals surface area contributed by atoms with Gasteiger partial charge in [0.25, 0.3) is 5.91 Å². The number of rotatable bonds is 4. The summed E-state index contributed by atoms with van der Waals surface area (Å²) in [4.78, 5) is 29.6. The number of thioether (sulfide) groups is 1. The molecule has 0 atom stereocenters. The molecule has 1 saturated heterocycles. The van der Waals surface area contributed by atoms with E-state index in [0.29, 0.717) is 27.1 Å². The highest BCUT2D eigenvalue weighted by molar-refractivity contribution is 8.18. The number of phenols is 2. The van der Waals surface area contributed by atoms with E-state index in [1.807, 2.05) is 0 Å². The van der Waals surface area contributed by atoms with Crippen molar-refractivity contribution >= 4 is 40.6 Å². The number of carbonyl (C=O) groups excluding carboxylic acids is 1. The summed E-state index contributed by atoms with van der Waals surface area (Å²) in [5.41, 5.74) is 0.759. The van der Waals surface area contributed by atoms with Crippen LogP contribution in [0, 0.1) is 0 Å². The van der Waals surface area contributed by atoms with Gasteiger partial charge in [0.15, 0.2) is 16.7 Å². The van der Waals surface area contributed by atoms with Crippen molar-refractivity contribution in [3.63, 3.8) is 0 Å². The Labute approximate surface area is 164 Å². The molecule has 8 nitrogen and oxygen atoms in total. The van der Waals surface area contributed by atoms with Crippen molar-refractivity contribution in [2.24, 2.45) is 4.99 Å². The lowest BCUT2D eigenvalue weighted by atomic mass is 10.2. The van der Waals surface area contributed by atoms with Crippen LogP contribution in [0.25, 0.3) is 6.08 Å². The first-order valence-electron chi connectivity index (χ1n) is 7.99. The number of carbonyl (C=O) groups is 2. The number of aliphatic imine (C=N–C) groups is 1. The molecule has 144 valence electrons. The molecule has 0 spiro atoms. The number of amides is 1. The molecule has 1 heterocycles. The fraction of sp³-hybridized carbons (Fsp3) is 0.105. The van der Waals surface area contributed by atoms with E-state index in [-0.39, 0.29) is 17.2 Å². The second kappa shape index (κ2) is 7.65. The van der Waals surface area contributed by atoms with Crippen molar-refractivity contribution < 1.29 is 29.6 Å². The summed E-state index contributed by atoms with van der Waals surface area (Å²) in [6.45, 7) is 0. The highest BCUT2D eigenvalue weighted by Gasteiger charge is 2.30. The Morgan fingerprint density at radius 2 is 1.93 bits per heavy atom. The Bertz CT molecular complexity index is 1030. The van der Waals surface area contributed by atoms with E-state index in [1.54, 1.807) is 25.3 Å². The largest absolute Gasteiger partial charge is 0.507 e. The zero-order chi connectivity index (χ0) is 20.4. The van der Waals surface area contributed by atoms with Gasteiger partial charge in [-0.15, -0.1) is 0 Å². The second-order valence-electron chi connectivity index (χ2n) is 5.81. The molecule has 1 amide bonds. The molecule has 3 N–H and O–H groups in total. The van der Waals surface area contributed by atoms with Crippen LogP contribution < -0.4 is 4.74 Å². The quantitative estimate of drug-likeness (QED) is 0.675. The maximum atomic E-state index is 12.5. The molecular formula is C19H16N2O6S. The van der Waals surface area contributed by atoms with Gasteiger partial charge >= 0.3 is 5.97 Å². The van der Waals surface area contributed by atoms with Gasteiger partial charge in [-0.1, -0.05) is 6.07 Å². The number of aromatic hydroxyl groups is 2. The normalized spacial score (nSPS) is 16.8. The number of phenolic OH excluding ortho intramolecular Hbond substituents is 1. The van der Waals surface area contributed by atoms with E-state index in [9.17, 15) is 19.8 Å². The summed E-state index contributed by atoms with van der Waals surface area (Å²) in [7, 11) is 3.00. The number of carboxylic acid groups (broad SMARTS) is 1. The minimum Gasteiger partial charge on any atom is -0.507 e. The van der Waals surface area contributed by atoms with Crippen molar-refractivity contribution in [1.29, 1.82) is 0 Å². The first-order chi connectivity index (χ1) is 13.3. The monoisotopic (exact) mass is 400 g/mol. The van der Waals surface area contributed by atoms with Crippen LogP contribution in [-0.2, 0) is 4.79 Å². The van der Waals surface area contributed by atoms with Crippen LogP contribution >= 0.6 is 11.8 Å². The van der Waals surface area contributed by atoms with Gasteiger partial charge in [-0.25, -0.2) is 9.79 Å². The number of carboxylic acids is 1. The summed E-state index contributed by atoms with van der Waals surface area (Å²) in [6, 6.07) is 8.65. The number of amidine groups is 1. The lowest BCUT2D eigenvalue weighted by molar-refractivity contribution is -0.121. The molecule has 1 aliphatic heterocycles. The third-order valence-electron chi connectivity index (χ3n) is 3.94. The minimum atomic E-state index is -1.24. The third-order valence-corrected chi connectivity index (χ3v) is 5.00. The molecule has 1 aliphatic rings. The van der Waals surface area contributed by atoms with E-state index in [0.717, 1.165) is 11.8 Å². The number of hydrogen-bond acceptors (Lipinski definition) is 7. The molecule has 0 unspecified atom stereocenters. The van der Waals surface area contributed by atoms with Gasteiger partial charge in [0, 0.05) is 13.1 Å². The Hall–Kier alpha value is -3.46. The molecule has 2 aromatic carbocycles. The van der Waals surface area contributed by atoms with E-state index in [2.05, 4.69) is 4.99 Å². The number of ether oxygens (including phenoxy) is 1. The first-order valence-corrected chi connectivity index (χ1v) is 8.81. The van der Waals surface area contributed by atoms with E-state index >= 15 is 0 Å². The number of methoxy groups -OCH3 is 1. The molecular weight excluding hydrogens is 384 g/mol. The predicted molar refractivity (Wildman–Crippen MR) is 105 cm³/mol. The van der Waals surface area contributed by atoms with Gasteiger partial charge < -0.3 is 20.1 Å². The van der Waals surface area contributed by atoms with Crippen molar-refractivity contribution in [3.8, 4) is 17.2 Å². The molecule has 1 fully saturated rings. The Morgan fingerprint density at radius 3 is 2.57 bits per heavy atom. The van der Waals surface area contributed by atoms with Crippen LogP contribution in [0.5, 0.6) is 17.2 Å². The average molecular weight is 400 g/mol. The molecule has 0 bridgehead atoms. The first kappa shape index (κ1) is 19.3. The maximum Gasteiger partial charge on any atom is 0.339 e. The number of benzene rings is 2. The third kappa shape index (κ3) is 3.79.